The Labute approximate surface area is 156 Å². The fraction of sp³-hybridized carbons (Fsp3) is 0.471. The fourth-order valence-electron chi connectivity index (χ4n) is 3.21. The van der Waals surface area contributed by atoms with Crippen LogP contribution in [-0.2, 0) is 25.8 Å². The number of carbonyl (C=O) groups excluding carboxylic acids is 3. The number of carbonyl (C=O) groups is 3. The van der Waals surface area contributed by atoms with Crippen LogP contribution >= 0.6 is 11.8 Å². The molecule has 0 aliphatic carbocycles. The first-order valence-electron chi connectivity index (χ1n) is 8.31. The summed E-state index contributed by atoms with van der Waals surface area (Å²) in [4.78, 5) is 39.2. The van der Waals surface area contributed by atoms with Crippen molar-refractivity contribution in [2.24, 2.45) is 0 Å². The predicted molar refractivity (Wildman–Crippen MR) is 97.6 cm³/mol. The second-order valence-corrected chi connectivity index (χ2v) is 9.46. The number of likely N-dealkylation sites (tertiary alicyclic amines) is 1. The summed E-state index contributed by atoms with van der Waals surface area (Å²) < 4.78 is 22.9. The van der Waals surface area contributed by atoms with Gasteiger partial charge in [-0.25, -0.2) is 8.42 Å². The van der Waals surface area contributed by atoms with Crippen LogP contribution in [0.3, 0.4) is 0 Å². The lowest BCUT2D eigenvalue weighted by Crippen LogP contribution is -2.41. The van der Waals surface area contributed by atoms with Crippen molar-refractivity contribution in [3.05, 3.63) is 29.8 Å². The minimum absolute atomic E-state index is 0.0218. The fourth-order valence-corrected chi connectivity index (χ4v) is 4.62. The van der Waals surface area contributed by atoms with Gasteiger partial charge in [-0.05, 0) is 30.5 Å². The van der Waals surface area contributed by atoms with Gasteiger partial charge < -0.3 is 4.90 Å². The quantitative estimate of drug-likeness (QED) is 0.745. The molecule has 2 heterocycles. The topological polar surface area (TPSA) is 91.8 Å². The highest BCUT2D eigenvalue weighted by Gasteiger charge is 2.39. The second-order valence-electron chi connectivity index (χ2n) is 6.52. The standard InChI is InChI=1S/C17H20N2O5S2/c1-26(23,24)14-5-2-12(3-6-14)4-7-15(20)18-9-8-13(10-18)19-16(21)11-25-17(19)22/h2-3,5-6,13H,4,7-11H2,1H3/t13-/m1/s1. The lowest BCUT2D eigenvalue weighted by atomic mass is 10.1. The Morgan fingerprint density at radius 2 is 1.92 bits per heavy atom. The molecule has 2 fully saturated rings. The highest BCUT2D eigenvalue weighted by atomic mass is 32.2. The molecule has 1 aromatic rings. The van der Waals surface area contributed by atoms with Crippen LogP contribution < -0.4 is 0 Å². The largest absolute Gasteiger partial charge is 0.341 e. The van der Waals surface area contributed by atoms with Crippen molar-refractivity contribution < 1.29 is 22.8 Å². The first-order valence-corrected chi connectivity index (χ1v) is 11.2. The number of benzene rings is 1. The molecule has 0 unspecified atom stereocenters. The van der Waals surface area contributed by atoms with Crippen LogP contribution in [0.25, 0.3) is 0 Å². The first kappa shape index (κ1) is 18.9. The number of sulfone groups is 1. The van der Waals surface area contributed by atoms with Gasteiger partial charge in [0, 0.05) is 25.8 Å². The van der Waals surface area contributed by atoms with E-state index in [4.69, 9.17) is 0 Å². The molecule has 2 saturated heterocycles. The Bertz CT molecular complexity index is 819. The zero-order valence-corrected chi connectivity index (χ0v) is 16.0. The summed E-state index contributed by atoms with van der Waals surface area (Å²) in [5.41, 5.74) is 0.891. The smallest absolute Gasteiger partial charge is 0.289 e. The molecule has 0 N–H and O–H groups in total. The van der Waals surface area contributed by atoms with E-state index in [0.29, 0.717) is 32.4 Å². The van der Waals surface area contributed by atoms with E-state index in [1.807, 2.05) is 0 Å². The van der Waals surface area contributed by atoms with Crippen LogP contribution in [0.2, 0.25) is 0 Å². The van der Waals surface area contributed by atoms with E-state index in [1.54, 1.807) is 29.2 Å². The molecule has 3 amide bonds. The summed E-state index contributed by atoms with van der Waals surface area (Å²) in [6, 6.07) is 6.31. The van der Waals surface area contributed by atoms with E-state index in [1.165, 1.54) is 4.90 Å². The molecule has 0 bridgehead atoms. The normalized spacial score (nSPS) is 20.9. The maximum atomic E-state index is 12.4. The van der Waals surface area contributed by atoms with Crippen LogP contribution in [0.5, 0.6) is 0 Å². The average molecular weight is 396 g/mol. The van der Waals surface area contributed by atoms with Crippen molar-refractivity contribution in [1.82, 2.24) is 9.80 Å². The highest BCUT2D eigenvalue weighted by molar-refractivity contribution is 8.14. The number of hydrogen-bond donors (Lipinski definition) is 0. The average Bonchev–Trinajstić information content (AvgIpc) is 3.19. The van der Waals surface area contributed by atoms with Gasteiger partial charge in [0.2, 0.25) is 11.8 Å². The summed E-state index contributed by atoms with van der Waals surface area (Å²) in [6.45, 7) is 0.933. The highest BCUT2D eigenvalue weighted by Crippen LogP contribution is 2.26. The molecule has 2 aliphatic heterocycles. The minimum Gasteiger partial charge on any atom is -0.341 e. The molecule has 26 heavy (non-hydrogen) atoms. The van der Waals surface area contributed by atoms with E-state index in [0.717, 1.165) is 23.6 Å². The molecule has 1 aromatic carbocycles. The van der Waals surface area contributed by atoms with Crippen LogP contribution in [0, 0.1) is 0 Å². The summed E-state index contributed by atoms with van der Waals surface area (Å²) in [5, 5.41) is -0.222. The third kappa shape index (κ3) is 4.09. The van der Waals surface area contributed by atoms with Gasteiger partial charge in [0.15, 0.2) is 9.84 Å². The van der Waals surface area contributed by atoms with Gasteiger partial charge in [-0.15, -0.1) is 0 Å². The molecule has 0 aromatic heterocycles. The molecule has 0 saturated carbocycles. The van der Waals surface area contributed by atoms with Crippen LogP contribution in [0.4, 0.5) is 4.79 Å². The van der Waals surface area contributed by atoms with Crippen molar-refractivity contribution in [1.29, 1.82) is 0 Å². The van der Waals surface area contributed by atoms with Crippen LogP contribution in [0.1, 0.15) is 18.4 Å². The summed E-state index contributed by atoms with van der Waals surface area (Å²) in [5.74, 6) is -0.0102. The number of imide groups is 1. The third-order valence-corrected chi connectivity index (χ3v) is 6.61. The number of nitrogens with zero attached hydrogens (tertiary/aromatic N) is 2. The molecule has 7 nitrogen and oxygen atoms in total. The van der Waals surface area contributed by atoms with Gasteiger partial charge in [-0.2, -0.15) is 0 Å². The van der Waals surface area contributed by atoms with E-state index < -0.39 is 9.84 Å². The Morgan fingerprint density at radius 1 is 1.23 bits per heavy atom. The first-order chi connectivity index (χ1) is 12.3. The van der Waals surface area contributed by atoms with E-state index in [9.17, 15) is 22.8 Å². The summed E-state index contributed by atoms with van der Waals surface area (Å²) >= 11 is 1.01. The van der Waals surface area contributed by atoms with Crippen LogP contribution in [0.15, 0.2) is 29.2 Å². The number of hydrogen-bond acceptors (Lipinski definition) is 6. The van der Waals surface area contributed by atoms with Gasteiger partial charge in [0.25, 0.3) is 5.24 Å². The van der Waals surface area contributed by atoms with Crippen molar-refractivity contribution in [2.75, 3.05) is 25.1 Å². The number of rotatable bonds is 5. The van der Waals surface area contributed by atoms with E-state index >= 15 is 0 Å². The van der Waals surface area contributed by atoms with E-state index in [2.05, 4.69) is 0 Å². The Morgan fingerprint density at radius 3 is 2.50 bits per heavy atom. The Balaban J connectivity index is 1.53. The Kier molecular flexibility index (Phi) is 5.38. The number of thioether (sulfide) groups is 1. The van der Waals surface area contributed by atoms with E-state index in [-0.39, 0.29) is 33.7 Å². The minimum atomic E-state index is -3.22. The predicted octanol–water partition coefficient (Wildman–Crippen LogP) is 1.32. The molecule has 3 rings (SSSR count). The van der Waals surface area contributed by atoms with Crippen molar-refractivity contribution in [3.63, 3.8) is 0 Å². The monoisotopic (exact) mass is 396 g/mol. The van der Waals surface area contributed by atoms with Gasteiger partial charge >= 0.3 is 0 Å². The molecule has 0 spiro atoms. The summed E-state index contributed by atoms with van der Waals surface area (Å²) in [7, 11) is -3.22. The molecular formula is C17H20N2O5S2. The molecular weight excluding hydrogens is 376 g/mol. The number of aryl methyl sites for hydroxylation is 1. The van der Waals surface area contributed by atoms with Gasteiger partial charge in [-0.3, -0.25) is 19.3 Å². The number of amides is 3. The van der Waals surface area contributed by atoms with Gasteiger partial charge in [0.1, 0.15) is 0 Å². The maximum Gasteiger partial charge on any atom is 0.289 e. The molecule has 9 heteroatoms. The molecule has 1 atom stereocenters. The SMILES string of the molecule is CS(=O)(=O)c1ccc(CCC(=O)N2CC[C@@H](N3C(=O)CSC3=O)C2)cc1. The van der Waals surface area contributed by atoms with Crippen molar-refractivity contribution in [2.45, 2.75) is 30.2 Å². The zero-order valence-electron chi connectivity index (χ0n) is 14.4. The lowest BCUT2D eigenvalue weighted by Gasteiger charge is -2.22. The van der Waals surface area contributed by atoms with Crippen molar-refractivity contribution >= 4 is 38.7 Å². The maximum absolute atomic E-state index is 12.4. The zero-order chi connectivity index (χ0) is 18.9. The molecule has 2 aliphatic rings. The van der Waals surface area contributed by atoms with Gasteiger partial charge in [-0.1, -0.05) is 23.9 Å². The van der Waals surface area contributed by atoms with Crippen molar-refractivity contribution in [3.8, 4) is 0 Å². The lowest BCUT2D eigenvalue weighted by molar-refractivity contribution is -0.131. The summed E-state index contributed by atoms with van der Waals surface area (Å²) in [6.07, 6.45) is 2.60. The van der Waals surface area contributed by atoms with Crippen LogP contribution in [-0.4, -0.2) is 66.4 Å². The second kappa shape index (κ2) is 7.40. The molecule has 140 valence electrons. The van der Waals surface area contributed by atoms with Gasteiger partial charge in [0.05, 0.1) is 16.7 Å². The third-order valence-electron chi connectivity index (χ3n) is 4.64. The molecule has 0 radical (unpaired) electrons. The Hall–Kier alpha value is -1.87.